The molecule has 0 aliphatic rings. The molecule has 29 heavy (non-hydrogen) atoms. The van der Waals surface area contributed by atoms with Crippen molar-refractivity contribution in [2.45, 2.75) is 0 Å². The number of rotatable bonds is 4. The Labute approximate surface area is 168 Å². The van der Waals surface area contributed by atoms with Gasteiger partial charge in [0, 0.05) is 35.1 Å². The summed E-state index contributed by atoms with van der Waals surface area (Å²) < 4.78 is 1.90. The van der Waals surface area contributed by atoms with Crippen LogP contribution < -0.4 is 0 Å². The van der Waals surface area contributed by atoms with Gasteiger partial charge in [0.25, 0.3) is 0 Å². The van der Waals surface area contributed by atoms with Gasteiger partial charge in [-0.2, -0.15) is 5.10 Å². The topological polar surface area (TPSA) is 43.6 Å². The first-order valence-corrected chi connectivity index (χ1v) is 9.46. The van der Waals surface area contributed by atoms with Gasteiger partial charge < -0.3 is 0 Å². The molecule has 0 radical (unpaired) electrons. The number of hydrogen-bond acceptors (Lipinski definition) is 3. The first kappa shape index (κ1) is 17.1. The minimum atomic E-state index is 0.888. The fourth-order valence-electron chi connectivity index (χ4n) is 3.30. The molecule has 0 N–H and O–H groups in total. The molecule has 0 aliphatic heterocycles. The molecule has 0 unspecified atom stereocenters. The van der Waals surface area contributed by atoms with Crippen LogP contribution in [0.25, 0.3) is 40.0 Å². The minimum Gasteiger partial charge on any atom is -0.264 e. The lowest BCUT2D eigenvalue weighted by Crippen LogP contribution is -1.94. The number of para-hydroxylation sites is 2. The van der Waals surface area contributed by atoms with Gasteiger partial charge in [-0.15, -0.1) is 0 Å². The molecule has 0 spiro atoms. The summed E-state index contributed by atoms with van der Waals surface area (Å²) in [6.45, 7) is 0. The molecule has 3 aromatic heterocycles. The van der Waals surface area contributed by atoms with Crippen molar-refractivity contribution in [3.63, 3.8) is 0 Å². The van der Waals surface area contributed by atoms with Crippen LogP contribution in [-0.4, -0.2) is 19.7 Å². The molecule has 4 heteroatoms. The predicted octanol–water partition coefficient (Wildman–Crippen LogP) is 5.65. The van der Waals surface area contributed by atoms with Crippen LogP contribution in [0.1, 0.15) is 11.3 Å². The third kappa shape index (κ3) is 3.56. The molecule has 138 valence electrons. The SMILES string of the molecule is C(=Cc1cn(-c2ccccc2)nc1-c1cccnc1)c1ccc2ccccc2n1. The summed E-state index contributed by atoms with van der Waals surface area (Å²) in [5, 5.41) is 5.95. The molecule has 5 rings (SSSR count). The molecular weight excluding hydrogens is 356 g/mol. The van der Waals surface area contributed by atoms with E-state index in [1.54, 1.807) is 6.20 Å². The molecule has 0 aliphatic carbocycles. The van der Waals surface area contributed by atoms with E-state index in [1.165, 1.54) is 0 Å². The van der Waals surface area contributed by atoms with Crippen molar-refractivity contribution >= 4 is 23.1 Å². The second-order valence-electron chi connectivity index (χ2n) is 6.72. The fourth-order valence-corrected chi connectivity index (χ4v) is 3.30. The Hall–Kier alpha value is -4.05. The summed E-state index contributed by atoms with van der Waals surface area (Å²) in [7, 11) is 0. The lowest BCUT2D eigenvalue weighted by molar-refractivity contribution is 0.884. The van der Waals surface area contributed by atoms with Crippen LogP contribution in [0.2, 0.25) is 0 Å². The van der Waals surface area contributed by atoms with E-state index in [0.29, 0.717) is 0 Å². The maximum atomic E-state index is 4.82. The quantitative estimate of drug-likeness (QED) is 0.408. The fraction of sp³-hybridized carbons (Fsp3) is 0. The molecule has 0 fully saturated rings. The number of pyridine rings is 2. The lowest BCUT2D eigenvalue weighted by Gasteiger charge is -2.00. The first-order valence-electron chi connectivity index (χ1n) is 9.46. The summed E-state index contributed by atoms with van der Waals surface area (Å²) in [5.74, 6) is 0. The van der Waals surface area contributed by atoms with Crippen LogP contribution in [0, 0.1) is 0 Å². The van der Waals surface area contributed by atoms with Gasteiger partial charge in [-0.25, -0.2) is 9.67 Å². The summed E-state index contributed by atoms with van der Waals surface area (Å²) in [4.78, 5) is 8.98. The van der Waals surface area contributed by atoms with E-state index in [9.17, 15) is 0 Å². The lowest BCUT2D eigenvalue weighted by atomic mass is 10.1. The third-order valence-electron chi connectivity index (χ3n) is 4.75. The maximum absolute atomic E-state index is 4.82. The van der Waals surface area contributed by atoms with Gasteiger partial charge in [-0.3, -0.25) is 4.98 Å². The van der Waals surface area contributed by atoms with E-state index in [0.717, 1.165) is 39.1 Å². The Morgan fingerprint density at radius 3 is 2.48 bits per heavy atom. The van der Waals surface area contributed by atoms with E-state index in [-0.39, 0.29) is 0 Å². The third-order valence-corrected chi connectivity index (χ3v) is 4.75. The highest BCUT2D eigenvalue weighted by Gasteiger charge is 2.10. The smallest absolute Gasteiger partial charge is 0.101 e. The second kappa shape index (κ2) is 7.52. The van der Waals surface area contributed by atoms with Gasteiger partial charge in [0.05, 0.1) is 16.9 Å². The van der Waals surface area contributed by atoms with Crippen LogP contribution in [-0.2, 0) is 0 Å². The molecular formula is C25H18N4. The van der Waals surface area contributed by atoms with E-state index < -0.39 is 0 Å². The van der Waals surface area contributed by atoms with E-state index in [4.69, 9.17) is 10.1 Å². The molecule has 0 saturated heterocycles. The molecule has 4 nitrogen and oxygen atoms in total. The standard InChI is InChI=1S/C25H18N4/c1-2-9-23(10-3-1)29-18-21(25(28-29)20-8-6-16-26-17-20)13-15-22-14-12-19-7-4-5-11-24(19)27-22/h1-18H. The number of hydrogen-bond donors (Lipinski definition) is 0. The van der Waals surface area contributed by atoms with Crippen molar-refractivity contribution in [1.29, 1.82) is 0 Å². The summed E-state index contributed by atoms with van der Waals surface area (Å²) in [6.07, 6.45) is 9.73. The zero-order chi connectivity index (χ0) is 19.5. The van der Waals surface area contributed by atoms with Crippen LogP contribution in [0.4, 0.5) is 0 Å². The van der Waals surface area contributed by atoms with Crippen molar-refractivity contribution in [2.75, 3.05) is 0 Å². The second-order valence-corrected chi connectivity index (χ2v) is 6.72. The van der Waals surface area contributed by atoms with Gasteiger partial charge in [-0.05, 0) is 48.6 Å². The van der Waals surface area contributed by atoms with Crippen LogP contribution in [0.15, 0.2) is 97.5 Å². The van der Waals surface area contributed by atoms with Gasteiger partial charge in [0.15, 0.2) is 0 Å². The Kier molecular flexibility index (Phi) is 4.43. The van der Waals surface area contributed by atoms with E-state index in [2.05, 4.69) is 23.2 Å². The molecule has 0 atom stereocenters. The van der Waals surface area contributed by atoms with E-state index in [1.807, 2.05) is 89.9 Å². The highest BCUT2D eigenvalue weighted by atomic mass is 15.3. The van der Waals surface area contributed by atoms with Gasteiger partial charge >= 0.3 is 0 Å². The average Bonchev–Trinajstić information content (AvgIpc) is 3.23. The zero-order valence-corrected chi connectivity index (χ0v) is 15.7. The minimum absolute atomic E-state index is 0.888. The summed E-state index contributed by atoms with van der Waals surface area (Å²) >= 11 is 0. The largest absolute Gasteiger partial charge is 0.264 e. The molecule has 2 aromatic carbocycles. The maximum Gasteiger partial charge on any atom is 0.101 e. The predicted molar refractivity (Wildman–Crippen MR) is 117 cm³/mol. The average molecular weight is 374 g/mol. The number of fused-ring (bicyclic) bond motifs is 1. The molecule has 0 bridgehead atoms. The highest BCUT2D eigenvalue weighted by molar-refractivity contribution is 5.82. The van der Waals surface area contributed by atoms with Crippen LogP contribution in [0.3, 0.4) is 0 Å². The Balaban J connectivity index is 1.57. The monoisotopic (exact) mass is 374 g/mol. The van der Waals surface area contributed by atoms with Gasteiger partial charge in [-0.1, -0.05) is 42.5 Å². The summed E-state index contributed by atoms with van der Waals surface area (Å²) in [5.41, 5.74) is 5.79. The summed E-state index contributed by atoms with van der Waals surface area (Å²) in [6, 6.07) is 26.3. The Morgan fingerprint density at radius 2 is 1.62 bits per heavy atom. The molecule has 0 amide bonds. The van der Waals surface area contributed by atoms with Gasteiger partial charge in [0.1, 0.15) is 5.69 Å². The molecule has 3 heterocycles. The highest BCUT2D eigenvalue weighted by Crippen LogP contribution is 2.25. The Bertz CT molecular complexity index is 1290. The van der Waals surface area contributed by atoms with Gasteiger partial charge in [0.2, 0.25) is 0 Å². The Morgan fingerprint density at radius 1 is 0.759 bits per heavy atom. The van der Waals surface area contributed by atoms with Crippen molar-refractivity contribution in [3.8, 4) is 16.9 Å². The van der Waals surface area contributed by atoms with Crippen molar-refractivity contribution in [3.05, 3.63) is 109 Å². The van der Waals surface area contributed by atoms with Crippen molar-refractivity contribution in [1.82, 2.24) is 19.7 Å². The van der Waals surface area contributed by atoms with Crippen LogP contribution in [0.5, 0.6) is 0 Å². The normalized spacial score (nSPS) is 11.3. The number of aromatic nitrogens is 4. The first-order chi connectivity index (χ1) is 14.4. The molecule has 5 aromatic rings. The number of benzene rings is 2. The zero-order valence-electron chi connectivity index (χ0n) is 15.7. The number of nitrogens with zero attached hydrogens (tertiary/aromatic N) is 4. The van der Waals surface area contributed by atoms with Crippen molar-refractivity contribution in [2.24, 2.45) is 0 Å². The molecule has 0 saturated carbocycles. The van der Waals surface area contributed by atoms with Crippen LogP contribution >= 0.6 is 0 Å². The van der Waals surface area contributed by atoms with Crippen molar-refractivity contribution < 1.29 is 0 Å². The van der Waals surface area contributed by atoms with E-state index >= 15 is 0 Å².